The van der Waals surface area contributed by atoms with Crippen LogP contribution in [0.5, 0.6) is 0 Å². The zero-order valence-corrected chi connectivity index (χ0v) is 8.94. The largest absolute Gasteiger partial charge is 0.382 e. The van der Waals surface area contributed by atoms with Crippen molar-refractivity contribution in [2.24, 2.45) is 0 Å². The predicted molar refractivity (Wildman–Crippen MR) is 57.1 cm³/mol. The van der Waals surface area contributed by atoms with E-state index in [1.54, 1.807) is 12.1 Å². The molecule has 0 aliphatic heterocycles. The smallest absolute Gasteiger partial charge is 0.288 e. The first kappa shape index (κ1) is 11.3. The zero-order valence-electron chi connectivity index (χ0n) is 8.13. The van der Waals surface area contributed by atoms with Gasteiger partial charge in [0.2, 0.25) is 0 Å². The van der Waals surface area contributed by atoms with Crippen LogP contribution in [-0.4, -0.2) is 11.8 Å². The van der Waals surface area contributed by atoms with Crippen molar-refractivity contribution in [3.63, 3.8) is 0 Å². The summed E-state index contributed by atoms with van der Waals surface area (Å²) in [5.41, 5.74) is 0.771. The van der Waals surface area contributed by atoms with Gasteiger partial charge in [0, 0.05) is 16.6 Å². The Balaban J connectivity index is 2.80. The van der Waals surface area contributed by atoms with Gasteiger partial charge in [0.25, 0.3) is 5.76 Å². The quantitative estimate of drug-likeness (QED) is 0.769. The Hall–Kier alpha value is -0.770. The topological polar surface area (TPSA) is 12.0 Å². The van der Waals surface area contributed by atoms with Crippen molar-refractivity contribution < 1.29 is 8.78 Å². The maximum absolute atomic E-state index is 12.2. The van der Waals surface area contributed by atoms with Gasteiger partial charge in [-0.05, 0) is 26.0 Å². The second kappa shape index (κ2) is 5.20. The van der Waals surface area contributed by atoms with Gasteiger partial charge >= 0.3 is 0 Å². The Kier molecular flexibility index (Phi) is 4.20. The highest BCUT2D eigenvalue weighted by atomic mass is 32.2. The van der Waals surface area contributed by atoms with Crippen LogP contribution in [-0.2, 0) is 0 Å². The van der Waals surface area contributed by atoms with Gasteiger partial charge in [-0.15, -0.1) is 0 Å². The first-order valence-corrected chi connectivity index (χ1v) is 5.28. The summed E-state index contributed by atoms with van der Waals surface area (Å²) in [5.74, 6) is -2.37. The normalized spacial score (nSPS) is 11.0. The zero-order chi connectivity index (χ0) is 10.6. The Morgan fingerprint density at radius 3 is 2.43 bits per heavy atom. The number of rotatable bonds is 4. The van der Waals surface area contributed by atoms with Crippen LogP contribution in [0.15, 0.2) is 29.2 Å². The Morgan fingerprint density at radius 2 is 1.86 bits per heavy atom. The molecule has 0 aliphatic rings. The lowest BCUT2D eigenvalue weighted by atomic mass is 10.3. The molecule has 0 aliphatic carbocycles. The molecule has 78 valence electrons. The van der Waals surface area contributed by atoms with Gasteiger partial charge in [0.05, 0.1) is 0 Å². The lowest BCUT2D eigenvalue weighted by molar-refractivity contribution is 0.252. The second-order valence-electron chi connectivity index (χ2n) is 3.17. The summed E-state index contributed by atoms with van der Waals surface area (Å²) in [6, 6.07) is 7.34. The molecule has 1 N–H and O–H groups in total. The van der Waals surface area contributed by atoms with E-state index in [1.807, 2.05) is 26.0 Å². The molecule has 0 aromatic heterocycles. The van der Waals surface area contributed by atoms with Gasteiger partial charge in [0.15, 0.2) is 0 Å². The number of alkyl halides is 2. The number of halogens is 2. The number of anilines is 1. The van der Waals surface area contributed by atoms with Crippen LogP contribution < -0.4 is 5.32 Å². The fourth-order valence-corrected chi connectivity index (χ4v) is 1.70. The minimum absolute atomic E-state index is 0.245. The van der Waals surface area contributed by atoms with Crippen molar-refractivity contribution in [3.05, 3.63) is 24.3 Å². The molecule has 0 saturated heterocycles. The SMILES string of the molecule is CC(C)Nc1ccccc1SC(F)F. The molecular weight excluding hydrogens is 204 g/mol. The van der Waals surface area contributed by atoms with Crippen LogP contribution in [0.2, 0.25) is 0 Å². The minimum atomic E-state index is -2.37. The highest BCUT2D eigenvalue weighted by Gasteiger charge is 2.09. The third kappa shape index (κ3) is 3.54. The van der Waals surface area contributed by atoms with Gasteiger partial charge in [-0.2, -0.15) is 8.78 Å². The van der Waals surface area contributed by atoms with Gasteiger partial charge in [0.1, 0.15) is 0 Å². The second-order valence-corrected chi connectivity index (χ2v) is 4.21. The highest BCUT2D eigenvalue weighted by Crippen LogP contribution is 2.31. The summed E-state index contributed by atoms with van der Waals surface area (Å²) < 4.78 is 24.3. The summed E-state index contributed by atoms with van der Waals surface area (Å²) in [5, 5.41) is 3.12. The molecule has 1 rings (SSSR count). The predicted octanol–water partition coefficient (Wildman–Crippen LogP) is 3.82. The summed E-state index contributed by atoms with van der Waals surface area (Å²) in [4.78, 5) is 0.594. The van der Waals surface area contributed by atoms with Gasteiger partial charge < -0.3 is 5.32 Å². The van der Waals surface area contributed by atoms with Crippen molar-refractivity contribution in [2.75, 3.05) is 5.32 Å². The van der Waals surface area contributed by atoms with Gasteiger partial charge in [-0.3, -0.25) is 0 Å². The third-order valence-electron chi connectivity index (χ3n) is 1.55. The molecule has 0 atom stereocenters. The van der Waals surface area contributed by atoms with Crippen molar-refractivity contribution in [1.29, 1.82) is 0 Å². The highest BCUT2D eigenvalue weighted by molar-refractivity contribution is 7.99. The van der Waals surface area contributed by atoms with Crippen LogP contribution >= 0.6 is 11.8 Å². The van der Waals surface area contributed by atoms with E-state index in [1.165, 1.54) is 0 Å². The Bertz CT molecular complexity index is 260. The summed E-state index contributed by atoms with van der Waals surface area (Å²) in [7, 11) is 0. The number of nitrogens with one attached hydrogen (secondary N) is 1. The molecule has 0 heterocycles. The van der Waals surface area contributed by atoms with E-state index >= 15 is 0 Å². The molecule has 0 radical (unpaired) electrons. The van der Waals surface area contributed by atoms with E-state index < -0.39 is 5.76 Å². The fraction of sp³-hybridized carbons (Fsp3) is 0.400. The summed E-state index contributed by atoms with van der Waals surface area (Å²) in [6.45, 7) is 3.95. The fourth-order valence-electron chi connectivity index (χ4n) is 1.10. The van der Waals surface area contributed by atoms with Crippen LogP contribution in [0.25, 0.3) is 0 Å². The number of thioether (sulfide) groups is 1. The van der Waals surface area contributed by atoms with E-state index in [0.717, 1.165) is 5.69 Å². The van der Waals surface area contributed by atoms with Crippen molar-refractivity contribution in [1.82, 2.24) is 0 Å². The van der Waals surface area contributed by atoms with E-state index in [4.69, 9.17) is 0 Å². The molecule has 1 nitrogen and oxygen atoms in total. The van der Waals surface area contributed by atoms with Crippen molar-refractivity contribution in [3.8, 4) is 0 Å². The summed E-state index contributed by atoms with van der Waals surface area (Å²) in [6.07, 6.45) is 0. The van der Waals surface area contributed by atoms with Crippen molar-refractivity contribution in [2.45, 2.75) is 30.5 Å². The average Bonchev–Trinajstić information content (AvgIpc) is 2.06. The molecular formula is C10H13F2NS. The van der Waals surface area contributed by atoms with E-state index in [-0.39, 0.29) is 6.04 Å². The Labute approximate surface area is 86.9 Å². The van der Waals surface area contributed by atoms with E-state index in [2.05, 4.69) is 5.32 Å². The standard InChI is InChI=1S/C10H13F2NS/c1-7(2)13-8-5-3-4-6-9(8)14-10(11)12/h3-7,10,13H,1-2H3. The van der Waals surface area contributed by atoms with Crippen LogP contribution in [0.4, 0.5) is 14.5 Å². The van der Waals surface area contributed by atoms with Crippen LogP contribution in [0.1, 0.15) is 13.8 Å². The molecule has 0 spiro atoms. The molecule has 1 aromatic rings. The van der Waals surface area contributed by atoms with Crippen LogP contribution in [0, 0.1) is 0 Å². The number of hydrogen-bond donors (Lipinski definition) is 1. The molecule has 0 bridgehead atoms. The number of benzene rings is 1. The molecule has 0 saturated carbocycles. The monoisotopic (exact) mass is 217 g/mol. The first-order chi connectivity index (χ1) is 6.59. The van der Waals surface area contributed by atoms with E-state index in [9.17, 15) is 8.78 Å². The number of hydrogen-bond acceptors (Lipinski definition) is 2. The van der Waals surface area contributed by atoms with Gasteiger partial charge in [-0.1, -0.05) is 23.9 Å². The first-order valence-electron chi connectivity index (χ1n) is 4.40. The Morgan fingerprint density at radius 1 is 1.21 bits per heavy atom. The van der Waals surface area contributed by atoms with Crippen molar-refractivity contribution >= 4 is 17.4 Å². The minimum Gasteiger partial charge on any atom is -0.382 e. The molecule has 0 unspecified atom stereocenters. The molecule has 0 fully saturated rings. The lowest BCUT2D eigenvalue weighted by Crippen LogP contribution is -2.10. The maximum atomic E-state index is 12.2. The van der Waals surface area contributed by atoms with Gasteiger partial charge in [-0.25, -0.2) is 0 Å². The summed E-state index contributed by atoms with van der Waals surface area (Å²) >= 11 is 0.571. The average molecular weight is 217 g/mol. The molecule has 1 aromatic carbocycles. The molecule has 4 heteroatoms. The van der Waals surface area contributed by atoms with Crippen LogP contribution in [0.3, 0.4) is 0 Å². The maximum Gasteiger partial charge on any atom is 0.288 e. The number of para-hydroxylation sites is 1. The third-order valence-corrected chi connectivity index (χ3v) is 2.34. The molecule has 14 heavy (non-hydrogen) atoms. The molecule has 0 amide bonds. The lowest BCUT2D eigenvalue weighted by Gasteiger charge is -2.13. The van der Waals surface area contributed by atoms with E-state index in [0.29, 0.717) is 16.7 Å².